The Labute approximate surface area is 147 Å². The predicted octanol–water partition coefficient (Wildman–Crippen LogP) is 3.69. The minimum absolute atomic E-state index is 0.0490. The zero-order valence-corrected chi connectivity index (χ0v) is 13.8. The van der Waals surface area contributed by atoms with E-state index in [4.69, 9.17) is 0 Å². The second kappa shape index (κ2) is 7.73. The first-order valence-corrected chi connectivity index (χ1v) is 8.20. The van der Waals surface area contributed by atoms with E-state index < -0.39 is 6.04 Å². The molecule has 3 aromatic rings. The van der Waals surface area contributed by atoms with Gasteiger partial charge in [-0.1, -0.05) is 54.6 Å². The third-order valence-corrected chi connectivity index (χ3v) is 4.20. The number of para-hydroxylation sites is 3. The molecule has 0 aliphatic heterocycles. The largest absolute Gasteiger partial charge is 0.508 e. The molecule has 0 aliphatic rings. The molecule has 0 saturated carbocycles. The molecular formula is C21H21NO3. The Hall–Kier alpha value is -2.98. The number of hydrogen-bond acceptors (Lipinski definition) is 4. The van der Waals surface area contributed by atoms with E-state index in [-0.39, 0.29) is 18.1 Å². The molecule has 0 spiro atoms. The maximum atomic E-state index is 10.4. The molecule has 0 radical (unpaired) electrons. The van der Waals surface area contributed by atoms with E-state index in [1.807, 2.05) is 59.5 Å². The van der Waals surface area contributed by atoms with Crippen LogP contribution in [0.4, 0.5) is 5.69 Å². The minimum atomic E-state index is -0.433. The highest BCUT2D eigenvalue weighted by Gasteiger charge is 2.27. The molecule has 3 aromatic carbocycles. The van der Waals surface area contributed by atoms with Crippen LogP contribution in [0.25, 0.3) is 0 Å². The van der Waals surface area contributed by atoms with Gasteiger partial charge < -0.3 is 20.2 Å². The summed E-state index contributed by atoms with van der Waals surface area (Å²) in [6, 6.07) is 23.4. The van der Waals surface area contributed by atoms with Gasteiger partial charge in [0.25, 0.3) is 0 Å². The van der Waals surface area contributed by atoms with Gasteiger partial charge in [0, 0.05) is 23.4 Å². The molecule has 0 unspecified atom stereocenters. The summed E-state index contributed by atoms with van der Waals surface area (Å²) in [6.45, 7) is 0.309. The normalized spacial score (nSPS) is 10.8. The topological polar surface area (TPSA) is 63.9 Å². The van der Waals surface area contributed by atoms with Gasteiger partial charge in [-0.2, -0.15) is 0 Å². The minimum Gasteiger partial charge on any atom is -0.508 e. The molecule has 4 nitrogen and oxygen atoms in total. The van der Waals surface area contributed by atoms with Gasteiger partial charge in [0.2, 0.25) is 0 Å². The van der Waals surface area contributed by atoms with E-state index >= 15 is 0 Å². The summed E-state index contributed by atoms with van der Waals surface area (Å²) < 4.78 is 0. The average Bonchev–Trinajstić information content (AvgIpc) is 2.65. The van der Waals surface area contributed by atoms with Crippen LogP contribution in [0.15, 0.2) is 78.9 Å². The van der Waals surface area contributed by atoms with E-state index in [0.717, 1.165) is 5.69 Å². The summed E-state index contributed by atoms with van der Waals surface area (Å²) in [7, 11) is 0. The lowest BCUT2D eigenvalue weighted by Gasteiger charge is -2.34. The van der Waals surface area contributed by atoms with Crippen LogP contribution in [0.1, 0.15) is 17.2 Å². The van der Waals surface area contributed by atoms with E-state index in [1.54, 1.807) is 24.3 Å². The quantitative estimate of drug-likeness (QED) is 0.643. The highest BCUT2D eigenvalue weighted by molar-refractivity contribution is 5.56. The van der Waals surface area contributed by atoms with Crippen LogP contribution in [0.3, 0.4) is 0 Å². The molecule has 0 aromatic heterocycles. The van der Waals surface area contributed by atoms with Crippen molar-refractivity contribution < 1.29 is 15.3 Å². The fourth-order valence-corrected chi connectivity index (χ4v) is 3.08. The lowest BCUT2D eigenvalue weighted by molar-refractivity contribution is 0.298. The standard InChI is InChI=1S/C21H21NO3/c23-15-14-22(16-8-2-1-3-9-16)21(17-10-4-6-12-19(17)24)18-11-5-7-13-20(18)25/h1-13,21,23-25H,14-15H2. The first-order valence-electron chi connectivity index (χ1n) is 8.20. The number of aliphatic hydroxyl groups is 1. The summed E-state index contributed by atoms with van der Waals surface area (Å²) in [6.07, 6.45) is 0. The molecule has 0 amide bonds. The molecular weight excluding hydrogens is 314 g/mol. The first kappa shape index (κ1) is 16.9. The highest BCUT2D eigenvalue weighted by atomic mass is 16.3. The molecule has 25 heavy (non-hydrogen) atoms. The van der Waals surface area contributed by atoms with Crippen LogP contribution in [0.2, 0.25) is 0 Å². The summed E-state index contributed by atoms with van der Waals surface area (Å²) in [5.41, 5.74) is 2.23. The van der Waals surface area contributed by atoms with E-state index in [1.165, 1.54) is 0 Å². The van der Waals surface area contributed by atoms with Crippen molar-refractivity contribution in [3.05, 3.63) is 90.0 Å². The summed E-state index contributed by atoms with van der Waals surface area (Å²) in [5, 5.41) is 30.5. The molecule has 128 valence electrons. The monoisotopic (exact) mass is 335 g/mol. The number of anilines is 1. The third kappa shape index (κ3) is 3.59. The Morgan fingerprint density at radius 2 is 1.16 bits per heavy atom. The highest BCUT2D eigenvalue weighted by Crippen LogP contribution is 2.39. The van der Waals surface area contributed by atoms with Crippen molar-refractivity contribution in [1.82, 2.24) is 0 Å². The number of hydrogen-bond donors (Lipinski definition) is 3. The van der Waals surface area contributed by atoms with Crippen molar-refractivity contribution in [2.45, 2.75) is 6.04 Å². The number of aliphatic hydroxyl groups excluding tert-OH is 1. The van der Waals surface area contributed by atoms with Crippen molar-refractivity contribution in [1.29, 1.82) is 0 Å². The molecule has 0 saturated heterocycles. The molecule has 4 heteroatoms. The second-order valence-electron chi connectivity index (χ2n) is 5.77. The lowest BCUT2D eigenvalue weighted by Crippen LogP contribution is -2.32. The van der Waals surface area contributed by atoms with Crippen molar-refractivity contribution in [2.75, 3.05) is 18.1 Å². The fraction of sp³-hybridized carbons (Fsp3) is 0.143. The number of nitrogens with zero attached hydrogens (tertiary/aromatic N) is 1. The van der Waals surface area contributed by atoms with Crippen molar-refractivity contribution in [2.24, 2.45) is 0 Å². The van der Waals surface area contributed by atoms with Gasteiger partial charge in [-0.15, -0.1) is 0 Å². The van der Waals surface area contributed by atoms with Crippen molar-refractivity contribution >= 4 is 5.69 Å². The smallest absolute Gasteiger partial charge is 0.121 e. The average molecular weight is 335 g/mol. The Morgan fingerprint density at radius 1 is 0.680 bits per heavy atom. The van der Waals surface area contributed by atoms with Crippen LogP contribution in [-0.2, 0) is 0 Å². The molecule has 3 rings (SSSR count). The third-order valence-electron chi connectivity index (χ3n) is 4.20. The molecule has 0 fully saturated rings. The van der Waals surface area contributed by atoms with Crippen LogP contribution < -0.4 is 4.90 Å². The number of phenolic OH excluding ortho intramolecular Hbond substituents is 2. The summed E-state index contributed by atoms with van der Waals surface area (Å²) in [4.78, 5) is 1.98. The number of phenols is 2. The Balaban J connectivity index is 2.19. The van der Waals surface area contributed by atoms with Gasteiger partial charge in [-0.3, -0.25) is 0 Å². The van der Waals surface area contributed by atoms with Gasteiger partial charge >= 0.3 is 0 Å². The van der Waals surface area contributed by atoms with E-state index in [2.05, 4.69) is 0 Å². The van der Waals surface area contributed by atoms with Crippen LogP contribution >= 0.6 is 0 Å². The zero-order chi connectivity index (χ0) is 17.6. The molecule has 0 aliphatic carbocycles. The van der Waals surface area contributed by atoms with E-state index in [9.17, 15) is 15.3 Å². The van der Waals surface area contributed by atoms with Gasteiger partial charge in [0.15, 0.2) is 0 Å². The molecule has 0 bridgehead atoms. The van der Waals surface area contributed by atoms with E-state index in [0.29, 0.717) is 17.7 Å². The van der Waals surface area contributed by atoms with Gasteiger partial charge in [0.05, 0.1) is 12.6 Å². The summed E-state index contributed by atoms with van der Waals surface area (Å²) >= 11 is 0. The van der Waals surface area contributed by atoms with Gasteiger partial charge in [0.1, 0.15) is 11.5 Å². The number of benzene rings is 3. The Bertz CT molecular complexity index is 775. The SMILES string of the molecule is OCCN(c1ccccc1)C(c1ccccc1O)c1ccccc1O. The maximum absolute atomic E-state index is 10.4. The van der Waals surface area contributed by atoms with Gasteiger partial charge in [-0.25, -0.2) is 0 Å². The fourth-order valence-electron chi connectivity index (χ4n) is 3.08. The van der Waals surface area contributed by atoms with Crippen LogP contribution in [0.5, 0.6) is 11.5 Å². The van der Waals surface area contributed by atoms with Crippen LogP contribution in [0, 0.1) is 0 Å². The Morgan fingerprint density at radius 3 is 1.64 bits per heavy atom. The van der Waals surface area contributed by atoms with Crippen LogP contribution in [-0.4, -0.2) is 28.5 Å². The number of rotatable bonds is 6. The predicted molar refractivity (Wildman–Crippen MR) is 98.9 cm³/mol. The van der Waals surface area contributed by atoms with Crippen molar-refractivity contribution in [3.63, 3.8) is 0 Å². The zero-order valence-electron chi connectivity index (χ0n) is 13.8. The van der Waals surface area contributed by atoms with Gasteiger partial charge in [-0.05, 0) is 24.3 Å². The Kier molecular flexibility index (Phi) is 5.21. The van der Waals surface area contributed by atoms with Crippen molar-refractivity contribution in [3.8, 4) is 11.5 Å². The molecule has 0 atom stereocenters. The second-order valence-corrected chi connectivity index (χ2v) is 5.77. The number of aromatic hydroxyl groups is 2. The summed E-state index contributed by atoms with van der Waals surface area (Å²) in [5.74, 6) is 0.296. The first-order chi connectivity index (χ1) is 12.2. The lowest BCUT2D eigenvalue weighted by atomic mass is 9.94. The maximum Gasteiger partial charge on any atom is 0.121 e. The molecule has 3 N–H and O–H groups in total. The molecule has 0 heterocycles.